The Morgan fingerprint density at radius 1 is 1.14 bits per heavy atom. The minimum absolute atomic E-state index is 0.218. The van der Waals surface area contributed by atoms with Crippen LogP contribution in [0.15, 0.2) is 42.5 Å². The van der Waals surface area contributed by atoms with Crippen molar-refractivity contribution in [3.8, 4) is 0 Å². The standard InChI is InChI=1S/C20H17Cl2N3O4/c1-11(26)13-5-3-4-6-16(13)23-17(27)10-25-18(28)20(2,24-19(25)29)14-8-7-12(21)9-15(14)22/h3-9H,10H2,1-2H3,(H,23,27)(H,24,29)/t20-/m0/s1. The zero-order chi connectivity index (χ0) is 21.3. The van der Waals surface area contributed by atoms with E-state index >= 15 is 0 Å². The van der Waals surface area contributed by atoms with Gasteiger partial charge in [-0.3, -0.25) is 19.3 Å². The zero-order valence-electron chi connectivity index (χ0n) is 15.6. The van der Waals surface area contributed by atoms with Crippen LogP contribution in [0.4, 0.5) is 10.5 Å². The summed E-state index contributed by atoms with van der Waals surface area (Å²) in [5.74, 6) is -1.46. The number of nitrogens with zero attached hydrogens (tertiary/aromatic N) is 1. The van der Waals surface area contributed by atoms with Gasteiger partial charge in [-0.25, -0.2) is 4.79 Å². The maximum Gasteiger partial charge on any atom is 0.325 e. The van der Waals surface area contributed by atoms with E-state index in [4.69, 9.17) is 23.2 Å². The van der Waals surface area contributed by atoms with E-state index < -0.39 is 29.9 Å². The number of anilines is 1. The van der Waals surface area contributed by atoms with E-state index in [9.17, 15) is 19.2 Å². The van der Waals surface area contributed by atoms with E-state index in [1.165, 1.54) is 19.9 Å². The van der Waals surface area contributed by atoms with Crippen LogP contribution < -0.4 is 10.6 Å². The molecule has 2 aromatic carbocycles. The Bertz CT molecular complexity index is 1040. The largest absolute Gasteiger partial charge is 0.325 e. The van der Waals surface area contributed by atoms with Gasteiger partial charge in [0.05, 0.1) is 5.69 Å². The fraction of sp³-hybridized carbons (Fsp3) is 0.200. The van der Waals surface area contributed by atoms with Crippen molar-refractivity contribution in [1.29, 1.82) is 0 Å². The molecule has 0 aromatic heterocycles. The third kappa shape index (κ3) is 3.97. The number of urea groups is 1. The first-order valence-corrected chi connectivity index (χ1v) is 9.38. The van der Waals surface area contributed by atoms with Gasteiger partial charge in [0.1, 0.15) is 12.1 Å². The lowest BCUT2D eigenvalue weighted by molar-refractivity contribution is -0.133. The van der Waals surface area contributed by atoms with Crippen LogP contribution in [0.3, 0.4) is 0 Å². The van der Waals surface area contributed by atoms with Gasteiger partial charge in [-0.2, -0.15) is 0 Å². The number of carbonyl (C=O) groups is 4. The minimum atomic E-state index is -1.43. The number of benzene rings is 2. The summed E-state index contributed by atoms with van der Waals surface area (Å²) >= 11 is 12.1. The molecule has 0 unspecified atom stereocenters. The number of Topliss-reactive ketones (excluding diaryl/α,β-unsaturated/α-hetero) is 1. The van der Waals surface area contributed by atoms with E-state index in [0.717, 1.165) is 4.90 Å². The molecule has 2 N–H and O–H groups in total. The predicted molar refractivity (Wildman–Crippen MR) is 109 cm³/mol. The van der Waals surface area contributed by atoms with Crippen LogP contribution in [0.1, 0.15) is 29.8 Å². The Morgan fingerprint density at radius 3 is 2.48 bits per heavy atom. The van der Waals surface area contributed by atoms with Gasteiger partial charge in [-0.15, -0.1) is 0 Å². The molecule has 2 aromatic rings. The molecule has 0 spiro atoms. The molecular weight excluding hydrogens is 417 g/mol. The van der Waals surface area contributed by atoms with Crippen molar-refractivity contribution in [2.24, 2.45) is 0 Å². The molecule has 0 saturated carbocycles. The molecule has 7 nitrogen and oxygen atoms in total. The summed E-state index contributed by atoms with van der Waals surface area (Å²) in [6.45, 7) is 2.37. The van der Waals surface area contributed by atoms with E-state index in [1.807, 2.05) is 0 Å². The van der Waals surface area contributed by atoms with Crippen molar-refractivity contribution in [3.05, 3.63) is 63.6 Å². The lowest BCUT2D eigenvalue weighted by Gasteiger charge is -2.23. The lowest BCUT2D eigenvalue weighted by Crippen LogP contribution is -2.42. The Balaban J connectivity index is 1.80. The molecule has 1 heterocycles. The number of para-hydroxylation sites is 1. The van der Waals surface area contributed by atoms with Gasteiger partial charge in [0.15, 0.2) is 5.78 Å². The second kappa shape index (κ2) is 7.85. The number of carbonyl (C=O) groups excluding carboxylic acids is 4. The summed E-state index contributed by atoms with van der Waals surface area (Å²) in [5.41, 5.74) is -0.431. The van der Waals surface area contributed by atoms with Crippen molar-refractivity contribution in [2.45, 2.75) is 19.4 Å². The number of ketones is 1. The van der Waals surface area contributed by atoms with Gasteiger partial charge < -0.3 is 10.6 Å². The molecule has 0 bridgehead atoms. The molecule has 3 rings (SSSR count). The van der Waals surface area contributed by atoms with Crippen LogP contribution in [-0.2, 0) is 15.1 Å². The summed E-state index contributed by atoms with van der Waals surface area (Å²) in [5, 5.41) is 5.76. The van der Waals surface area contributed by atoms with Crippen LogP contribution in [0, 0.1) is 0 Å². The second-order valence-corrected chi connectivity index (χ2v) is 7.56. The molecule has 9 heteroatoms. The summed E-state index contributed by atoms with van der Waals surface area (Å²) in [7, 11) is 0. The van der Waals surface area contributed by atoms with E-state index in [0.29, 0.717) is 21.8 Å². The highest BCUT2D eigenvalue weighted by molar-refractivity contribution is 6.35. The highest BCUT2D eigenvalue weighted by atomic mass is 35.5. The summed E-state index contributed by atoms with van der Waals surface area (Å²) in [6.07, 6.45) is 0. The van der Waals surface area contributed by atoms with Gasteiger partial charge in [0.25, 0.3) is 5.91 Å². The van der Waals surface area contributed by atoms with E-state index in [2.05, 4.69) is 10.6 Å². The topological polar surface area (TPSA) is 95.6 Å². The number of halogens is 2. The number of hydrogen-bond acceptors (Lipinski definition) is 4. The van der Waals surface area contributed by atoms with Gasteiger partial charge >= 0.3 is 6.03 Å². The predicted octanol–water partition coefficient (Wildman–Crippen LogP) is 3.60. The monoisotopic (exact) mass is 433 g/mol. The zero-order valence-corrected chi connectivity index (χ0v) is 17.1. The van der Waals surface area contributed by atoms with Crippen molar-refractivity contribution < 1.29 is 19.2 Å². The van der Waals surface area contributed by atoms with Crippen molar-refractivity contribution in [1.82, 2.24) is 10.2 Å². The number of amides is 4. The fourth-order valence-electron chi connectivity index (χ4n) is 3.15. The first kappa shape index (κ1) is 20.8. The number of imide groups is 1. The first-order valence-electron chi connectivity index (χ1n) is 8.63. The molecular formula is C20H17Cl2N3O4. The highest BCUT2D eigenvalue weighted by Gasteiger charge is 2.50. The van der Waals surface area contributed by atoms with E-state index in [-0.39, 0.29) is 10.8 Å². The minimum Gasteiger partial charge on any atom is -0.324 e. The third-order valence-electron chi connectivity index (χ3n) is 4.63. The molecule has 29 heavy (non-hydrogen) atoms. The van der Waals surface area contributed by atoms with Crippen molar-refractivity contribution >= 4 is 52.5 Å². The number of hydrogen-bond donors (Lipinski definition) is 2. The summed E-state index contributed by atoms with van der Waals surface area (Å²) < 4.78 is 0. The second-order valence-electron chi connectivity index (χ2n) is 6.72. The maximum atomic E-state index is 13.0. The molecule has 150 valence electrons. The molecule has 4 amide bonds. The number of nitrogens with one attached hydrogen (secondary N) is 2. The van der Waals surface area contributed by atoms with Crippen LogP contribution in [-0.4, -0.2) is 35.1 Å². The molecule has 1 fully saturated rings. The van der Waals surface area contributed by atoms with Gasteiger partial charge in [-0.1, -0.05) is 41.4 Å². The van der Waals surface area contributed by atoms with E-state index in [1.54, 1.807) is 36.4 Å². The Morgan fingerprint density at radius 2 is 1.83 bits per heavy atom. The molecule has 1 aliphatic rings. The number of rotatable bonds is 5. The molecule has 0 radical (unpaired) electrons. The van der Waals surface area contributed by atoms with Gasteiger partial charge in [0, 0.05) is 21.2 Å². The normalized spacial score (nSPS) is 18.6. The lowest BCUT2D eigenvalue weighted by atomic mass is 9.92. The average molecular weight is 434 g/mol. The third-order valence-corrected chi connectivity index (χ3v) is 5.17. The average Bonchev–Trinajstić information content (AvgIpc) is 2.85. The van der Waals surface area contributed by atoms with Crippen LogP contribution >= 0.6 is 23.2 Å². The molecule has 1 aliphatic heterocycles. The Hall–Kier alpha value is -2.90. The van der Waals surface area contributed by atoms with Crippen LogP contribution in [0.25, 0.3) is 0 Å². The molecule has 0 aliphatic carbocycles. The van der Waals surface area contributed by atoms with Crippen molar-refractivity contribution in [3.63, 3.8) is 0 Å². The SMILES string of the molecule is CC(=O)c1ccccc1NC(=O)CN1C(=O)N[C@@](C)(c2ccc(Cl)cc2Cl)C1=O. The quantitative estimate of drug-likeness (QED) is 0.555. The first-order chi connectivity index (χ1) is 13.6. The van der Waals surface area contributed by atoms with Crippen LogP contribution in [0.2, 0.25) is 10.0 Å². The maximum absolute atomic E-state index is 13.0. The summed E-state index contributed by atoms with van der Waals surface area (Å²) in [4.78, 5) is 50.3. The molecule has 1 saturated heterocycles. The molecule has 1 atom stereocenters. The fourth-order valence-corrected chi connectivity index (χ4v) is 3.75. The Labute approximate surface area is 177 Å². The van der Waals surface area contributed by atoms with Crippen molar-refractivity contribution in [2.75, 3.05) is 11.9 Å². The summed E-state index contributed by atoms with van der Waals surface area (Å²) in [6, 6.07) is 10.3. The van der Waals surface area contributed by atoms with Gasteiger partial charge in [-0.05, 0) is 38.1 Å². The Kier molecular flexibility index (Phi) is 5.64. The highest BCUT2D eigenvalue weighted by Crippen LogP contribution is 2.34. The van der Waals surface area contributed by atoms with Gasteiger partial charge in [0.2, 0.25) is 5.91 Å². The van der Waals surface area contributed by atoms with Crippen LogP contribution in [0.5, 0.6) is 0 Å². The smallest absolute Gasteiger partial charge is 0.324 e.